The highest BCUT2D eigenvalue weighted by molar-refractivity contribution is 7.94. The van der Waals surface area contributed by atoms with Crippen LogP contribution in [0.15, 0.2) is 36.6 Å². The first-order valence-electron chi connectivity index (χ1n) is 5.99. The fourth-order valence-electron chi connectivity index (χ4n) is 1.82. The number of rotatable bonds is 5. The van der Waals surface area contributed by atoms with Gasteiger partial charge in [-0.1, -0.05) is 6.58 Å². The lowest BCUT2D eigenvalue weighted by molar-refractivity contribution is -0.115. The van der Waals surface area contributed by atoms with E-state index in [0.29, 0.717) is 5.69 Å². The van der Waals surface area contributed by atoms with Gasteiger partial charge in [-0.15, -0.1) is 0 Å². The molecule has 2 aromatic rings. The number of nitrogens with one attached hydrogen (secondary N) is 1. The first-order valence-corrected chi connectivity index (χ1v) is 7.71. The zero-order chi connectivity index (χ0) is 14.8. The maximum Gasteiger partial charge on any atom is 0.225 e. The molecule has 0 bridgehead atoms. The van der Waals surface area contributed by atoms with E-state index in [1.807, 2.05) is 6.92 Å². The molecule has 7 heteroatoms. The van der Waals surface area contributed by atoms with E-state index in [2.05, 4.69) is 16.9 Å². The number of hydrogen-bond acceptors (Lipinski definition) is 4. The Bertz CT molecular complexity index is 762. The van der Waals surface area contributed by atoms with Gasteiger partial charge in [0.1, 0.15) is 5.65 Å². The zero-order valence-electron chi connectivity index (χ0n) is 11.0. The van der Waals surface area contributed by atoms with Gasteiger partial charge in [0.2, 0.25) is 5.91 Å². The molecular weight excluding hydrogens is 278 g/mol. The SMILES string of the molecule is C=CS(=O)(=O)CCC(=O)Nc1cc(C)c2nccn2c1. The van der Waals surface area contributed by atoms with Crippen molar-refractivity contribution in [3.63, 3.8) is 0 Å². The molecule has 0 saturated heterocycles. The summed E-state index contributed by atoms with van der Waals surface area (Å²) in [6.07, 6.45) is 5.08. The van der Waals surface area contributed by atoms with Crippen LogP contribution in [0.25, 0.3) is 5.65 Å². The number of carbonyl (C=O) groups is 1. The van der Waals surface area contributed by atoms with Crippen LogP contribution in [0, 0.1) is 6.92 Å². The van der Waals surface area contributed by atoms with Gasteiger partial charge < -0.3 is 9.72 Å². The molecule has 0 spiro atoms. The molecule has 0 unspecified atom stereocenters. The van der Waals surface area contributed by atoms with Crippen molar-refractivity contribution in [2.45, 2.75) is 13.3 Å². The van der Waals surface area contributed by atoms with Crippen LogP contribution in [0.1, 0.15) is 12.0 Å². The van der Waals surface area contributed by atoms with Crippen molar-refractivity contribution in [3.8, 4) is 0 Å². The van der Waals surface area contributed by atoms with Gasteiger partial charge in [0.15, 0.2) is 9.84 Å². The van der Waals surface area contributed by atoms with Gasteiger partial charge in [-0.2, -0.15) is 0 Å². The van der Waals surface area contributed by atoms with Crippen molar-refractivity contribution in [1.82, 2.24) is 9.38 Å². The number of fused-ring (bicyclic) bond motifs is 1. The second-order valence-corrected chi connectivity index (χ2v) is 6.47. The van der Waals surface area contributed by atoms with Gasteiger partial charge >= 0.3 is 0 Å². The quantitative estimate of drug-likeness (QED) is 0.906. The Morgan fingerprint density at radius 3 is 3.00 bits per heavy atom. The largest absolute Gasteiger partial charge is 0.325 e. The molecule has 0 atom stereocenters. The van der Waals surface area contributed by atoms with Crippen molar-refractivity contribution in [1.29, 1.82) is 0 Å². The van der Waals surface area contributed by atoms with E-state index < -0.39 is 9.84 Å². The summed E-state index contributed by atoms with van der Waals surface area (Å²) in [4.78, 5) is 15.9. The average molecular weight is 293 g/mol. The molecule has 2 aromatic heterocycles. The normalized spacial score (nSPS) is 11.4. The molecule has 0 aliphatic heterocycles. The lowest BCUT2D eigenvalue weighted by atomic mass is 10.2. The standard InChI is InChI=1S/C13H15N3O3S/c1-3-20(18,19)7-4-12(17)15-11-8-10(2)13-14-5-6-16(13)9-11/h3,5-6,8-9H,1,4,7H2,2H3,(H,15,17). The zero-order valence-corrected chi connectivity index (χ0v) is 11.9. The van der Waals surface area contributed by atoms with Crippen LogP contribution in [0.3, 0.4) is 0 Å². The smallest absolute Gasteiger partial charge is 0.225 e. The second-order valence-electron chi connectivity index (χ2n) is 4.40. The maximum atomic E-state index is 11.7. The summed E-state index contributed by atoms with van der Waals surface area (Å²) >= 11 is 0. The number of carbonyl (C=O) groups excluding carboxylic acids is 1. The van der Waals surface area contributed by atoms with Crippen LogP contribution in [-0.4, -0.2) is 29.5 Å². The molecule has 2 rings (SSSR count). The Balaban J connectivity index is 2.08. The predicted molar refractivity (Wildman–Crippen MR) is 77.2 cm³/mol. The monoisotopic (exact) mass is 293 g/mol. The third-order valence-corrected chi connectivity index (χ3v) is 4.10. The summed E-state index contributed by atoms with van der Waals surface area (Å²) in [5.74, 6) is -0.594. The van der Waals surface area contributed by atoms with Crippen molar-refractivity contribution < 1.29 is 13.2 Å². The third kappa shape index (κ3) is 3.24. The van der Waals surface area contributed by atoms with Crippen LogP contribution in [0.2, 0.25) is 0 Å². The Morgan fingerprint density at radius 1 is 1.55 bits per heavy atom. The van der Waals surface area contributed by atoms with E-state index in [-0.39, 0.29) is 18.1 Å². The Morgan fingerprint density at radius 2 is 2.30 bits per heavy atom. The molecule has 1 N–H and O–H groups in total. The molecule has 20 heavy (non-hydrogen) atoms. The summed E-state index contributed by atoms with van der Waals surface area (Å²) < 4.78 is 24.3. The van der Waals surface area contributed by atoms with E-state index in [0.717, 1.165) is 16.6 Å². The van der Waals surface area contributed by atoms with Crippen molar-refractivity contribution in [2.75, 3.05) is 11.1 Å². The van der Waals surface area contributed by atoms with E-state index in [1.165, 1.54) is 0 Å². The van der Waals surface area contributed by atoms with Crippen LogP contribution >= 0.6 is 0 Å². The highest BCUT2D eigenvalue weighted by Gasteiger charge is 2.10. The van der Waals surface area contributed by atoms with Crippen molar-refractivity contribution in [3.05, 3.63) is 42.2 Å². The molecular formula is C13H15N3O3S. The minimum Gasteiger partial charge on any atom is -0.325 e. The predicted octanol–water partition coefficient (Wildman–Crippen LogP) is 1.53. The van der Waals surface area contributed by atoms with Crippen LogP contribution < -0.4 is 5.32 Å². The van der Waals surface area contributed by atoms with E-state index >= 15 is 0 Å². The van der Waals surface area contributed by atoms with Gasteiger partial charge in [-0.05, 0) is 18.6 Å². The number of sulfone groups is 1. The number of pyridine rings is 1. The molecule has 2 heterocycles. The lowest BCUT2D eigenvalue weighted by Gasteiger charge is -2.07. The molecule has 106 valence electrons. The number of amides is 1. The van der Waals surface area contributed by atoms with E-state index in [1.54, 1.807) is 29.1 Å². The number of aromatic nitrogens is 2. The number of nitrogens with zero attached hydrogens (tertiary/aromatic N) is 2. The molecule has 1 amide bonds. The minimum absolute atomic E-state index is 0.102. The van der Waals surface area contributed by atoms with Crippen LogP contribution in [-0.2, 0) is 14.6 Å². The van der Waals surface area contributed by atoms with Gasteiger partial charge in [-0.3, -0.25) is 4.79 Å². The van der Waals surface area contributed by atoms with Gasteiger partial charge in [0.05, 0.1) is 11.4 Å². The van der Waals surface area contributed by atoms with Gasteiger partial charge in [-0.25, -0.2) is 13.4 Å². The second kappa shape index (κ2) is 5.46. The van der Waals surface area contributed by atoms with E-state index in [9.17, 15) is 13.2 Å². The molecule has 0 aromatic carbocycles. The molecule has 0 aliphatic carbocycles. The fourth-order valence-corrected chi connectivity index (χ4v) is 2.45. The fraction of sp³-hybridized carbons (Fsp3) is 0.231. The molecule has 6 nitrogen and oxygen atoms in total. The molecule has 0 saturated carbocycles. The summed E-state index contributed by atoms with van der Waals surface area (Å²) in [5.41, 5.74) is 2.35. The van der Waals surface area contributed by atoms with Gasteiger partial charge in [0.25, 0.3) is 0 Å². The summed E-state index contributed by atoms with van der Waals surface area (Å²) in [6, 6.07) is 1.79. The maximum absolute atomic E-state index is 11.7. The topological polar surface area (TPSA) is 80.5 Å². The highest BCUT2D eigenvalue weighted by Crippen LogP contribution is 2.15. The Hall–Kier alpha value is -2.15. The van der Waals surface area contributed by atoms with E-state index in [4.69, 9.17) is 0 Å². The van der Waals surface area contributed by atoms with Crippen LogP contribution in [0.4, 0.5) is 5.69 Å². The highest BCUT2D eigenvalue weighted by atomic mass is 32.2. The van der Waals surface area contributed by atoms with Gasteiger partial charge in [0, 0.05) is 30.4 Å². The minimum atomic E-state index is -3.35. The molecule has 0 fully saturated rings. The molecule has 0 radical (unpaired) electrons. The summed E-state index contributed by atoms with van der Waals surface area (Å²) in [5, 5.41) is 3.54. The average Bonchev–Trinajstić information content (AvgIpc) is 2.85. The Kier molecular flexibility index (Phi) is 3.89. The number of hydrogen-bond donors (Lipinski definition) is 1. The number of imidazole rings is 1. The van der Waals surface area contributed by atoms with Crippen molar-refractivity contribution >= 4 is 27.1 Å². The first kappa shape index (κ1) is 14.3. The number of anilines is 1. The lowest BCUT2D eigenvalue weighted by Crippen LogP contribution is -2.16. The summed E-state index contributed by atoms with van der Waals surface area (Å²) in [7, 11) is -3.35. The summed E-state index contributed by atoms with van der Waals surface area (Å²) in [6.45, 7) is 5.09. The van der Waals surface area contributed by atoms with Crippen molar-refractivity contribution in [2.24, 2.45) is 0 Å². The number of aryl methyl sites for hydroxylation is 1. The first-order chi connectivity index (χ1) is 9.41. The van der Waals surface area contributed by atoms with Crippen LogP contribution in [0.5, 0.6) is 0 Å². The molecule has 0 aliphatic rings. The third-order valence-electron chi connectivity index (χ3n) is 2.82. The Labute approximate surface area is 117 Å².